The third-order valence-electron chi connectivity index (χ3n) is 3.70. The van der Waals surface area contributed by atoms with Crippen molar-refractivity contribution in [2.45, 2.75) is 32.9 Å². The number of aryl methyl sites for hydroxylation is 1. The third kappa shape index (κ3) is 3.20. The van der Waals surface area contributed by atoms with Gasteiger partial charge < -0.3 is 14.6 Å². The Labute approximate surface area is 120 Å². The molecule has 20 heavy (non-hydrogen) atoms. The molecule has 1 N–H and O–H groups in total. The molecular formula is C16H23N3O. The van der Waals surface area contributed by atoms with Crippen molar-refractivity contribution in [3.63, 3.8) is 0 Å². The van der Waals surface area contributed by atoms with Crippen LogP contribution in [0.1, 0.15) is 36.4 Å². The lowest BCUT2D eigenvalue weighted by molar-refractivity contribution is 0.529. The van der Waals surface area contributed by atoms with E-state index in [0.29, 0.717) is 6.04 Å². The Balaban J connectivity index is 2.07. The fraction of sp³-hybridized carbons (Fsp3) is 0.438. The summed E-state index contributed by atoms with van der Waals surface area (Å²) in [5.74, 6) is 0.975. The summed E-state index contributed by atoms with van der Waals surface area (Å²) in [6.45, 7) is 4.97. The number of nitrogens with zero attached hydrogens (tertiary/aromatic N) is 2. The Kier molecular flexibility index (Phi) is 4.79. The van der Waals surface area contributed by atoms with E-state index in [0.717, 1.165) is 30.1 Å². The van der Waals surface area contributed by atoms with Crippen LogP contribution < -0.4 is 10.2 Å². The van der Waals surface area contributed by atoms with Crippen molar-refractivity contribution >= 4 is 5.69 Å². The molecule has 0 radical (unpaired) electrons. The van der Waals surface area contributed by atoms with Crippen molar-refractivity contribution in [2.24, 2.45) is 0 Å². The molecule has 4 heteroatoms. The average molecular weight is 273 g/mol. The van der Waals surface area contributed by atoms with Gasteiger partial charge in [-0.3, -0.25) is 4.98 Å². The maximum absolute atomic E-state index is 5.33. The summed E-state index contributed by atoms with van der Waals surface area (Å²) in [5, 5.41) is 3.27. The predicted molar refractivity (Wildman–Crippen MR) is 81.9 cm³/mol. The summed E-state index contributed by atoms with van der Waals surface area (Å²) in [5.41, 5.74) is 3.41. The Morgan fingerprint density at radius 2 is 2.15 bits per heavy atom. The second-order valence-electron chi connectivity index (χ2n) is 5.05. The van der Waals surface area contributed by atoms with Crippen LogP contribution in [-0.4, -0.2) is 19.1 Å². The van der Waals surface area contributed by atoms with Crippen LogP contribution in [0.4, 0.5) is 5.69 Å². The quantitative estimate of drug-likeness (QED) is 0.877. The highest BCUT2D eigenvalue weighted by Gasteiger charge is 2.10. The molecule has 0 fully saturated rings. The molecule has 2 rings (SSSR count). The van der Waals surface area contributed by atoms with E-state index >= 15 is 0 Å². The van der Waals surface area contributed by atoms with Crippen LogP contribution in [0.5, 0.6) is 0 Å². The van der Waals surface area contributed by atoms with E-state index in [1.54, 1.807) is 6.26 Å². The molecule has 0 spiro atoms. The Hall–Kier alpha value is -1.81. The minimum absolute atomic E-state index is 0.325. The molecule has 2 aromatic rings. The summed E-state index contributed by atoms with van der Waals surface area (Å²) >= 11 is 0. The minimum atomic E-state index is 0.325. The first-order valence-corrected chi connectivity index (χ1v) is 7.03. The fourth-order valence-electron chi connectivity index (χ4n) is 2.31. The van der Waals surface area contributed by atoms with Gasteiger partial charge in [0.25, 0.3) is 0 Å². The molecule has 108 valence electrons. The molecule has 4 nitrogen and oxygen atoms in total. The molecule has 0 bridgehead atoms. The lowest BCUT2D eigenvalue weighted by Crippen LogP contribution is -2.19. The van der Waals surface area contributed by atoms with Crippen molar-refractivity contribution in [3.8, 4) is 0 Å². The van der Waals surface area contributed by atoms with Crippen LogP contribution in [-0.2, 0) is 6.54 Å². The molecule has 0 aromatic carbocycles. The molecule has 1 unspecified atom stereocenters. The van der Waals surface area contributed by atoms with Gasteiger partial charge in [0, 0.05) is 25.2 Å². The van der Waals surface area contributed by atoms with Gasteiger partial charge in [-0.2, -0.15) is 0 Å². The summed E-state index contributed by atoms with van der Waals surface area (Å²) in [6.07, 6.45) is 4.70. The third-order valence-corrected chi connectivity index (χ3v) is 3.70. The zero-order valence-electron chi connectivity index (χ0n) is 12.7. The highest BCUT2D eigenvalue weighted by Crippen LogP contribution is 2.20. The van der Waals surface area contributed by atoms with Gasteiger partial charge in [-0.05, 0) is 38.6 Å². The lowest BCUT2D eigenvalue weighted by Gasteiger charge is -2.20. The summed E-state index contributed by atoms with van der Waals surface area (Å²) in [7, 11) is 4.04. The van der Waals surface area contributed by atoms with Crippen LogP contribution >= 0.6 is 0 Å². The molecule has 0 aliphatic heterocycles. The molecule has 0 saturated heterocycles. The zero-order chi connectivity index (χ0) is 14.5. The molecule has 1 atom stereocenters. The van der Waals surface area contributed by atoms with Gasteiger partial charge >= 0.3 is 0 Å². The number of furan rings is 1. The first kappa shape index (κ1) is 14.6. The van der Waals surface area contributed by atoms with Gasteiger partial charge in [-0.15, -0.1) is 0 Å². The number of nitrogens with one attached hydrogen (secondary N) is 1. The largest absolute Gasteiger partial charge is 0.469 e. The monoisotopic (exact) mass is 273 g/mol. The van der Waals surface area contributed by atoms with Crippen LogP contribution in [0, 0.1) is 6.92 Å². The minimum Gasteiger partial charge on any atom is -0.469 e. The number of hydrogen-bond donors (Lipinski definition) is 1. The first-order chi connectivity index (χ1) is 9.65. The summed E-state index contributed by atoms with van der Waals surface area (Å²) < 4.78 is 5.33. The van der Waals surface area contributed by atoms with Crippen molar-refractivity contribution < 1.29 is 4.42 Å². The first-order valence-electron chi connectivity index (χ1n) is 7.03. The number of aromatic nitrogens is 1. The Morgan fingerprint density at radius 3 is 2.65 bits per heavy atom. The van der Waals surface area contributed by atoms with Gasteiger partial charge in [0.2, 0.25) is 0 Å². The number of anilines is 1. The van der Waals surface area contributed by atoms with E-state index in [-0.39, 0.29) is 0 Å². The SMILES string of the molecule is CCC(NC)c1ccc(N(C)Cc2ccoc2C)cn1. The van der Waals surface area contributed by atoms with Gasteiger partial charge in [-0.1, -0.05) is 6.92 Å². The smallest absolute Gasteiger partial charge is 0.105 e. The van der Waals surface area contributed by atoms with Gasteiger partial charge in [0.05, 0.1) is 23.8 Å². The number of hydrogen-bond acceptors (Lipinski definition) is 4. The number of rotatable bonds is 6. The number of pyridine rings is 1. The van der Waals surface area contributed by atoms with E-state index < -0.39 is 0 Å². The topological polar surface area (TPSA) is 41.3 Å². The van der Waals surface area contributed by atoms with E-state index in [2.05, 4.69) is 41.3 Å². The molecule has 0 aliphatic carbocycles. The van der Waals surface area contributed by atoms with Crippen LogP contribution in [0.2, 0.25) is 0 Å². The maximum Gasteiger partial charge on any atom is 0.105 e. The van der Waals surface area contributed by atoms with Gasteiger partial charge in [0.15, 0.2) is 0 Å². The van der Waals surface area contributed by atoms with Crippen molar-refractivity contribution in [1.82, 2.24) is 10.3 Å². The fourth-order valence-corrected chi connectivity index (χ4v) is 2.31. The van der Waals surface area contributed by atoms with Crippen LogP contribution in [0.15, 0.2) is 35.1 Å². The molecule has 2 heterocycles. The molecule has 0 saturated carbocycles. The van der Waals surface area contributed by atoms with Gasteiger partial charge in [0.1, 0.15) is 5.76 Å². The van der Waals surface area contributed by atoms with Crippen LogP contribution in [0.25, 0.3) is 0 Å². The molecule has 0 aliphatic rings. The van der Waals surface area contributed by atoms with E-state index in [1.807, 2.05) is 26.2 Å². The Bertz CT molecular complexity index is 529. The normalized spacial score (nSPS) is 12.4. The van der Waals surface area contributed by atoms with E-state index in [4.69, 9.17) is 4.42 Å². The van der Waals surface area contributed by atoms with Crippen molar-refractivity contribution in [1.29, 1.82) is 0 Å². The maximum atomic E-state index is 5.33. The second-order valence-corrected chi connectivity index (χ2v) is 5.05. The van der Waals surface area contributed by atoms with Gasteiger partial charge in [-0.25, -0.2) is 0 Å². The van der Waals surface area contributed by atoms with E-state index in [9.17, 15) is 0 Å². The van der Waals surface area contributed by atoms with E-state index in [1.165, 1.54) is 5.56 Å². The molecule has 2 aromatic heterocycles. The highest BCUT2D eigenvalue weighted by atomic mass is 16.3. The van der Waals surface area contributed by atoms with Crippen molar-refractivity contribution in [2.75, 3.05) is 19.0 Å². The standard InChI is InChI=1S/C16H23N3O/c1-5-15(17-3)16-7-6-14(10-18-16)19(4)11-13-8-9-20-12(13)2/h6-10,15,17H,5,11H2,1-4H3. The van der Waals surface area contributed by atoms with Crippen LogP contribution in [0.3, 0.4) is 0 Å². The second kappa shape index (κ2) is 6.57. The average Bonchev–Trinajstić information content (AvgIpc) is 2.86. The van der Waals surface area contributed by atoms with Crippen molar-refractivity contribution in [3.05, 3.63) is 47.7 Å². The predicted octanol–water partition coefficient (Wildman–Crippen LogP) is 3.29. The molecular weight excluding hydrogens is 250 g/mol. The molecule has 0 amide bonds. The summed E-state index contributed by atoms with van der Waals surface area (Å²) in [6, 6.07) is 6.56. The highest BCUT2D eigenvalue weighted by molar-refractivity contribution is 5.44. The summed E-state index contributed by atoms with van der Waals surface area (Å²) in [4.78, 5) is 6.74. The zero-order valence-corrected chi connectivity index (χ0v) is 12.7. The lowest BCUT2D eigenvalue weighted by atomic mass is 10.1. The Morgan fingerprint density at radius 1 is 1.35 bits per heavy atom.